The minimum absolute atomic E-state index is 0.0363. The molecule has 0 unspecified atom stereocenters. The third-order valence-corrected chi connectivity index (χ3v) is 6.76. The SMILES string of the molecule is CC(C)(C)OC(=O)N1CCN(c2ccc(-c3cnc(N)c(C(=O)N[C@H]4CC[C@H](O)CC4)c3)c(F)c2)CC1. The number of nitrogens with zero attached hydrogens (tertiary/aromatic N) is 3. The van der Waals surface area contributed by atoms with Gasteiger partial charge in [-0.05, 0) is 70.7 Å². The molecule has 0 atom stereocenters. The molecule has 37 heavy (non-hydrogen) atoms. The Morgan fingerprint density at radius 1 is 1.11 bits per heavy atom. The van der Waals surface area contributed by atoms with Gasteiger partial charge in [-0.2, -0.15) is 0 Å². The molecule has 0 radical (unpaired) electrons. The smallest absolute Gasteiger partial charge is 0.410 e. The lowest BCUT2D eigenvalue weighted by Crippen LogP contribution is -2.50. The van der Waals surface area contributed by atoms with E-state index >= 15 is 4.39 Å². The van der Waals surface area contributed by atoms with Crippen LogP contribution in [0.1, 0.15) is 56.8 Å². The van der Waals surface area contributed by atoms with Gasteiger partial charge in [0.15, 0.2) is 0 Å². The zero-order valence-electron chi connectivity index (χ0n) is 21.7. The minimum atomic E-state index is -0.551. The molecule has 1 aromatic heterocycles. The Balaban J connectivity index is 1.43. The number of amides is 2. The number of rotatable bonds is 4. The van der Waals surface area contributed by atoms with E-state index in [0.29, 0.717) is 68.7 Å². The average molecular weight is 514 g/mol. The van der Waals surface area contributed by atoms with E-state index in [-0.39, 0.29) is 35.5 Å². The molecule has 2 aromatic rings. The summed E-state index contributed by atoms with van der Waals surface area (Å²) >= 11 is 0. The van der Waals surface area contributed by atoms with Crippen LogP contribution >= 0.6 is 0 Å². The van der Waals surface area contributed by atoms with Crippen molar-refractivity contribution in [3.8, 4) is 11.1 Å². The average Bonchev–Trinajstić information content (AvgIpc) is 2.85. The summed E-state index contributed by atoms with van der Waals surface area (Å²) in [7, 11) is 0. The number of ether oxygens (including phenoxy) is 1. The summed E-state index contributed by atoms with van der Waals surface area (Å²) in [5.74, 6) is -0.712. The summed E-state index contributed by atoms with van der Waals surface area (Å²) in [5.41, 5.74) is 7.11. The number of nitrogens with two attached hydrogens (primary N) is 1. The molecule has 2 aliphatic rings. The van der Waals surface area contributed by atoms with Crippen molar-refractivity contribution in [2.75, 3.05) is 36.8 Å². The largest absolute Gasteiger partial charge is 0.444 e. The van der Waals surface area contributed by atoms with Crippen LogP contribution in [0.5, 0.6) is 0 Å². The first kappa shape index (κ1) is 26.7. The quantitative estimate of drug-likeness (QED) is 0.572. The van der Waals surface area contributed by atoms with Crippen LogP contribution in [0.25, 0.3) is 11.1 Å². The summed E-state index contributed by atoms with van der Waals surface area (Å²) in [6, 6.07) is 6.48. The second-order valence-electron chi connectivity index (χ2n) is 10.8. The summed E-state index contributed by atoms with van der Waals surface area (Å²) in [5, 5.41) is 12.6. The number of anilines is 2. The number of carbonyl (C=O) groups excluding carboxylic acids is 2. The molecule has 1 saturated carbocycles. The molecule has 10 heteroatoms. The van der Waals surface area contributed by atoms with Crippen molar-refractivity contribution in [1.29, 1.82) is 0 Å². The lowest BCUT2D eigenvalue weighted by atomic mass is 9.93. The molecule has 2 amide bonds. The first-order valence-corrected chi connectivity index (χ1v) is 12.8. The fourth-order valence-electron chi connectivity index (χ4n) is 4.70. The molecular formula is C27H36FN5O4. The van der Waals surface area contributed by atoms with Crippen LogP contribution in [0.3, 0.4) is 0 Å². The Morgan fingerprint density at radius 2 is 1.78 bits per heavy atom. The van der Waals surface area contributed by atoms with Gasteiger partial charge in [0, 0.05) is 55.2 Å². The Hall–Kier alpha value is -3.40. The number of hydrogen-bond acceptors (Lipinski definition) is 7. The van der Waals surface area contributed by atoms with Crippen LogP contribution in [-0.2, 0) is 4.74 Å². The highest BCUT2D eigenvalue weighted by Gasteiger charge is 2.27. The van der Waals surface area contributed by atoms with Crippen molar-refractivity contribution in [1.82, 2.24) is 15.2 Å². The summed E-state index contributed by atoms with van der Waals surface area (Å²) in [4.78, 5) is 33.0. The van der Waals surface area contributed by atoms with Gasteiger partial charge in [0.05, 0.1) is 11.7 Å². The second-order valence-corrected chi connectivity index (χ2v) is 10.8. The summed E-state index contributed by atoms with van der Waals surface area (Å²) < 4.78 is 20.7. The van der Waals surface area contributed by atoms with E-state index in [1.807, 2.05) is 31.7 Å². The molecule has 9 nitrogen and oxygen atoms in total. The first-order valence-electron chi connectivity index (χ1n) is 12.8. The number of aliphatic hydroxyl groups excluding tert-OH is 1. The molecular weight excluding hydrogens is 477 g/mol. The number of hydrogen-bond donors (Lipinski definition) is 3. The van der Waals surface area contributed by atoms with Crippen molar-refractivity contribution >= 4 is 23.5 Å². The molecule has 1 saturated heterocycles. The number of aromatic nitrogens is 1. The fraction of sp³-hybridized carbons (Fsp3) is 0.519. The highest BCUT2D eigenvalue weighted by molar-refractivity contribution is 5.99. The van der Waals surface area contributed by atoms with Crippen molar-refractivity contribution in [2.45, 2.75) is 64.2 Å². The van der Waals surface area contributed by atoms with Gasteiger partial charge < -0.3 is 30.7 Å². The number of benzene rings is 1. The highest BCUT2D eigenvalue weighted by atomic mass is 19.1. The van der Waals surface area contributed by atoms with Crippen molar-refractivity contribution in [3.05, 3.63) is 41.8 Å². The molecule has 1 aromatic carbocycles. The zero-order valence-corrected chi connectivity index (χ0v) is 21.7. The van der Waals surface area contributed by atoms with Gasteiger partial charge in [-0.15, -0.1) is 0 Å². The number of carbonyl (C=O) groups is 2. The number of pyridine rings is 1. The first-order chi connectivity index (χ1) is 17.5. The minimum Gasteiger partial charge on any atom is -0.444 e. The number of nitrogens with one attached hydrogen (secondary N) is 1. The molecule has 2 heterocycles. The predicted molar refractivity (Wildman–Crippen MR) is 140 cm³/mol. The van der Waals surface area contributed by atoms with Gasteiger partial charge in [0.25, 0.3) is 5.91 Å². The lowest BCUT2D eigenvalue weighted by Gasteiger charge is -2.36. The molecule has 4 rings (SSSR count). The highest BCUT2D eigenvalue weighted by Crippen LogP contribution is 2.29. The van der Waals surface area contributed by atoms with Gasteiger partial charge in [-0.25, -0.2) is 14.2 Å². The van der Waals surface area contributed by atoms with Crippen LogP contribution in [0, 0.1) is 5.82 Å². The Bertz CT molecular complexity index is 1140. The van der Waals surface area contributed by atoms with Gasteiger partial charge in [-0.1, -0.05) is 0 Å². The third-order valence-electron chi connectivity index (χ3n) is 6.76. The molecule has 2 fully saturated rings. The second kappa shape index (κ2) is 10.9. The van der Waals surface area contributed by atoms with Crippen LogP contribution in [-0.4, -0.2) is 70.9 Å². The fourth-order valence-corrected chi connectivity index (χ4v) is 4.70. The Kier molecular flexibility index (Phi) is 7.87. The molecule has 200 valence electrons. The molecule has 0 bridgehead atoms. The van der Waals surface area contributed by atoms with E-state index in [0.717, 1.165) is 0 Å². The predicted octanol–water partition coefficient (Wildman–Crippen LogP) is 3.56. The van der Waals surface area contributed by atoms with E-state index in [2.05, 4.69) is 10.3 Å². The normalized spacial score (nSPS) is 20.5. The number of nitrogen functional groups attached to an aromatic ring is 1. The van der Waals surface area contributed by atoms with E-state index in [1.54, 1.807) is 17.0 Å². The Morgan fingerprint density at radius 3 is 2.41 bits per heavy atom. The van der Waals surface area contributed by atoms with Crippen LogP contribution in [0.4, 0.5) is 20.7 Å². The van der Waals surface area contributed by atoms with Crippen LogP contribution < -0.4 is 16.0 Å². The Labute approximate surface area is 216 Å². The van der Waals surface area contributed by atoms with Gasteiger partial charge >= 0.3 is 6.09 Å². The maximum atomic E-state index is 15.2. The van der Waals surface area contributed by atoms with E-state index < -0.39 is 11.4 Å². The van der Waals surface area contributed by atoms with Gasteiger partial charge in [0.1, 0.15) is 17.2 Å². The van der Waals surface area contributed by atoms with E-state index in [4.69, 9.17) is 10.5 Å². The molecule has 1 aliphatic heterocycles. The zero-order chi connectivity index (χ0) is 26.7. The molecule has 4 N–H and O–H groups in total. The summed E-state index contributed by atoms with van der Waals surface area (Å²) in [6.45, 7) is 7.59. The van der Waals surface area contributed by atoms with Crippen molar-refractivity contribution < 1.29 is 23.8 Å². The van der Waals surface area contributed by atoms with E-state index in [1.165, 1.54) is 12.3 Å². The monoisotopic (exact) mass is 513 g/mol. The molecule has 1 aliphatic carbocycles. The van der Waals surface area contributed by atoms with Crippen molar-refractivity contribution in [3.63, 3.8) is 0 Å². The standard InChI is InChI=1S/C27H36FN5O4/c1-27(2,3)37-26(36)33-12-10-32(11-13-33)19-6-9-21(23(28)15-19)17-14-22(24(29)30-16-17)25(35)31-18-4-7-20(34)8-5-18/h6,9,14-16,18,20,34H,4-5,7-8,10-13H2,1-3H3,(H2,29,30)(H,31,35)/t18-,20-. The maximum absolute atomic E-state index is 15.2. The van der Waals surface area contributed by atoms with Gasteiger partial charge in [0.2, 0.25) is 0 Å². The van der Waals surface area contributed by atoms with Crippen LogP contribution in [0.2, 0.25) is 0 Å². The lowest BCUT2D eigenvalue weighted by molar-refractivity contribution is 0.0240. The molecule has 0 spiro atoms. The van der Waals surface area contributed by atoms with E-state index in [9.17, 15) is 14.7 Å². The summed E-state index contributed by atoms with van der Waals surface area (Å²) in [6.07, 6.45) is 3.48. The number of aliphatic hydroxyl groups is 1. The topological polar surface area (TPSA) is 121 Å². The third kappa shape index (κ3) is 6.68. The van der Waals surface area contributed by atoms with Crippen LogP contribution in [0.15, 0.2) is 30.5 Å². The number of halogens is 1. The maximum Gasteiger partial charge on any atom is 0.410 e. The number of piperazine rings is 1. The van der Waals surface area contributed by atoms with Crippen molar-refractivity contribution in [2.24, 2.45) is 0 Å². The van der Waals surface area contributed by atoms with Gasteiger partial charge in [-0.3, -0.25) is 4.79 Å².